The topological polar surface area (TPSA) is 85.2 Å². The van der Waals surface area contributed by atoms with Crippen LogP contribution in [0.5, 0.6) is 11.5 Å². The zero-order chi connectivity index (χ0) is 23.5. The van der Waals surface area contributed by atoms with E-state index in [0.717, 1.165) is 12.1 Å². The van der Waals surface area contributed by atoms with E-state index in [1.807, 2.05) is 6.92 Å². The lowest BCUT2D eigenvalue weighted by Crippen LogP contribution is -2.49. The van der Waals surface area contributed by atoms with Gasteiger partial charge in [0.15, 0.2) is 11.5 Å². The first kappa shape index (κ1) is 23.2. The molecule has 1 fully saturated rings. The number of piperazine rings is 1. The highest BCUT2D eigenvalue weighted by Gasteiger charge is 2.34. The molecule has 1 saturated heterocycles. The van der Waals surface area contributed by atoms with Crippen molar-refractivity contribution in [2.24, 2.45) is 0 Å². The molecular weight excluding hydrogens is 431 g/mol. The first-order valence-corrected chi connectivity index (χ1v) is 9.86. The number of benzene rings is 2. The van der Waals surface area contributed by atoms with Gasteiger partial charge in [-0.3, -0.25) is 14.9 Å². The Bertz CT molecular complexity index is 1000. The van der Waals surface area contributed by atoms with Crippen LogP contribution in [0.25, 0.3) is 0 Å². The monoisotopic (exact) mass is 453 g/mol. The van der Waals surface area contributed by atoms with E-state index in [0.29, 0.717) is 29.7 Å². The van der Waals surface area contributed by atoms with Gasteiger partial charge < -0.3 is 19.3 Å². The van der Waals surface area contributed by atoms with Crippen LogP contribution in [0.3, 0.4) is 0 Å². The number of alkyl halides is 3. The minimum absolute atomic E-state index is 0.0955. The van der Waals surface area contributed by atoms with E-state index in [1.54, 1.807) is 28.0 Å². The van der Waals surface area contributed by atoms with Crippen LogP contribution in [0.2, 0.25) is 0 Å². The maximum atomic E-state index is 12.9. The maximum absolute atomic E-state index is 12.9. The van der Waals surface area contributed by atoms with Crippen LogP contribution < -0.4 is 14.4 Å². The Labute approximate surface area is 182 Å². The van der Waals surface area contributed by atoms with Gasteiger partial charge in [-0.1, -0.05) is 0 Å². The first-order chi connectivity index (χ1) is 15.2. The summed E-state index contributed by atoms with van der Waals surface area (Å²) in [7, 11) is 1.50. The molecule has 32 heavy (non-hydrogen) atoms. The summed E-state index contributed by atoms with van der Waals surface area (Å²) in [6, 6.07) is 7.33. The van der Waals surface area contributed by atoms with E-state index in [9.17, 15) is 28.1 Å². The molecule has 1 amide bonds. The van der Waals surface area contributed by atoms with E-state index in [-0.39, 0.29) is 37.8 Å². The van der Waals surface area contributed by atoms with Gasteiger partial charge in [-0.05, 0) is 37.3 Å². The van der Waals surface area contributed by atoms with Crippen molar-refractivity contribution in [3.05, 3.63) is 57.6 Å². The summed E-state index contributed by atoms with van der Waals surface area (Å²) < 4.78 is 49.5. The predicted molar refractivity (Wildman–Crippen MR) is 110 cm³/mol. The second kappa shape index (κ2) is 9.33. The van der Waals surface area contributed by atoms with E-state index in [2.05, 4.69) is 0 Å². The fourth-order valence-electron chi connectivity index (χ4n) is 3.52. The maximum Gasteiger partial charge on any atom is 0.416 e. The van der Waals surface area contributed by atoms with Crippen molar-refractivity contribution < 1.29 is 32.4 Å². The third kappa shape index (κ3) is 4.87. The molecule has 0 aliphatic carbocycles. The average molecular weight is 453 g/mol. The van der Waals surface area contributed by atoms with Gasteiger partial charge in [0.05, 0.1) is 24.2 Å². The fourth-order valence-corrected chi connectivity index (χ4v) is 3.52. The van der Waals surface area contributed by atoms with Gasteiger partial charge in [0, 0.05) is 37.8 Å². The van der Waals surface area contributed by atoms with E-state index >= 15 is 0 Å². The second-order valence-electron chi connectivity index (χ2n) is 7.04. The number of amides is 1. The molecule has 1 aliphatic heterocycles. The molecule has 2 aromatic carbocycles. The largest absolute Gasteiger partial charge is 0.493 e. The number of hydrogen-bond acceptors (Lipinski definition) is 6. The number of rotatable bonds is 6. The Morgan fingerprint density at radius 2 is 1.78 bits per heavy atom. The van der Waals surface area contributed by atoms with Gasteiger partial charge in [0.25, 0.3) is 11.6 Å². The van der Waals surface area contributed by atoms with Gasteiger partial charge in [-0.15, -0.1) is 0 Å². The van der Waals surface area contributed by atoms with Crippen molar-refractivity contribution >= 4 is 17.3 Å². The Kier molecular flexibility index (Phi) is 6.75. The summed E-state index contributed by atoms with van der Waals surface area (Å²) in [5, 5.41) is 11.4. The zero-order valence-electron chi connectivity index (χ0n) is 17.5. The van der Waals surface area contributed by atoms with E-state index in [1.165, 1.54) is 7.11 Å². The highest BCUT2D eigenvalue weighted by atomic mass is 19.4. The van der Waals surface area contributed by atoms with Crippen LogP contribution in [0, 0.1) is 10.1 Å². The SMILES string of the molecule is CCOc1cc(C(=O)N2CCN(c3ccc(C(F)(F)F)cc3[N+](=O)[O-])CC2)ccc1OC. The van der Waals surface area contributed by atoms with Crippen LogP contribution in [0.4, 0.5) is 24.5 Å². The van der Waals surface area contributed by atoms with E-state index in [4.69, 9.17) is 9.47 Å². The number of nitrogens with zero attached hydrogens (tertiary/aromatic N) is 3. The molecule has 0 spiro atoms. The Morgan fingerprint density at radius 1 is 1.09 bits per heavy atom. The molecule has 11 heteroatoms. The van der Waals surface area contributed by atoms with Gasteiger partial charge >= 0.3 is 6.18 Å². The summed E-state index contributed by atoms with van der Waals surface area (Å²) in [5.41, 5.74) is -1.19. The van der Waals surface area contributed by atoms with Crippen LogP contribution >= 0.6 is 0 Å². The fraction of sp³-hybridized carbons (Fsp3) is 0.381. The number of halogens is 3. The van der Waals surface area contributed by atoms with Crippen LogP contribution in [0.1, 0.15) is 22.8 Å². The highest BCUT2D eigenvalue weighted by molar-refractivity contribution is 5.95. The number of carbonyl (C=O) groups excluding carboxylic acids is 1. The van der Waals surface area contributed by atoms with Gasteiger partial charge in [0.2, 0.25) is 0 Å². The second-order valence-corrected chi connectivity index (χ2v) is 7.04. The summed E-state index contributed by atoms with van der Waals surface area (Å²) in [6.07, 6.45) is -4.67. The Balaban J connectivity index is 1.75. The number of methoxy groups -OCH3 is 1. The van der Waals surface area contributed by atoms with Gasteiger partial charge in [0.1, 0.15) is 5.69 Å². The molecule has 0 N–H and O–H groups in total. The number of ether oxygens (including phenoxy) is 2. The van der Waals surface area contributed by atoms with Crippen LogP contribution in [-0.4, -0.2) is 55.6 Å². The third-order valence-corrected chi connectivity index (χ3v) is 5.12. The minimum atomic E-state index is -4.67. The molecule has 1 heterocycles. The van der Waals surface area contributed by atoms with Crippen molar-refractivity contribution in [2.45, 2.75) is 13.1 Å². The predicted octanol–water partition coefficient (Wildman–Crippen LogP) is 3.98. The van der Waals surface area contributed by atoms with Crippen molar-refractivity contribution in [1.82, 2.24) is 4.90 Å². The van der Waals surface area contributed by atoms with Gasteiger partial charge in [-0.2, -0.15) is 13.2 Å². The van der Waals surface area contributed by atoms with Crippen molar-refractivity contribution in [1.29, 1.82) is 0 Å². The number of hydrogen-bond donors (Lipinski definition) is 0. The molecule has 172 valence electrons. The molecule has 0 saturated carbocycles. The lowest BCUT2D eigenvalue weighted by atomic mass is 10.1. The van der Waals surface area contributed by atoms with Crippen molar-refractivity contribution in [3.8, 4) is 11.5 Å². The molecule has 2 aromatic rings. The lowest BCUT2D eigenvalue weighted by Gasteiger charge is -2.36. The number of nitro benzene ring substituents is 1. The molecule has 0 atom stereocenters. The van der Waals surface area contributed by atoms with Crippen molar-refractivity contribution in [3.63, 3.8) is 0 Å². The smallest absolute Gasteiger partial charge is 0.416 e. The molecular formula is C21H22F3N3O5. The summed E-state index contributed by atoms with van der Waals surface area (Å²) >= 11 is 0. The van der Waals surface area contributed by atoms with Gasteiger partial charge in [-0.25, -0.2) is 0 Å². The zero-order valence-corrected chi connectivity index (χ0v) is 17.5. The highest BCUT2D eigenvalue weighted by Crippen LogP contribution is 2.37. The molecule has 0 bridgehead atoms. The Morgan fingerprint density at radius 3 is 2.34 bits per heavy atom. The molecule has 0 radical (unpaired) electrons. The minimum Gasteiger partial charge on any atom is -0.493 e. The molecule has 8 nitrogen and oxygen atoms in total. The quantitative estimate of drug-likeness (QED) is 0.486. The number of anilines is 1. The van der Waals surface area contributed by atoms with Crippen molar-refractivity contribution in [2.75, 3.05) is 44.8 Å². The molecule has 0 aromatic heterocycles. The summed E-state index contributed by atoms with van der Waals surface area (Å²) in [5.74, 6) is 0.706. The average Bonchev–Trinajstić information content (AvgIpc) is 2.78. The lowest BCUT2D eigenvalue weighted by molar-refractivity contribution is -0.384. The van der Waals surface area contributed by atoms with Crippen LogP contribution in [-0.2, 0) is 6.18 Å². The number of nitro groups is 1. The first-order valence-electron chi connectivity index (χ1n) is 9.86. The molecule has 0 unspecified atom stereocenters. The Hall–Kier alpha value is -3.50. The van der Waals surface area contributed by atoms with Crippen LogP contribution in [0.15, 0.2) is 36.4 Å². The normalized spacial score (nSPS) is 14.3. The third-order valence-electron chi connectivity index (χ3n) is 5.12. The standard InChI is InChI=1S/C21H22F3N3O5/c1-3-32-19-12-14(4-7-18(19)31-2)20(28)26-10-8-25(9-11-26)16-6-5-15(21(22,23)24)13-17(16)27(29)30/h4-7,12-13H,3,8-11H2,1-2H3. The number of carbonyl (C=O) groups is 1. The molecule has 3 rings (SSSR count). The summed E-state index contributed by atoms with van der Waals surface area (Å²) in [6.45, 7) is 3.21. The summed E-state index contributed by atoms with van der Waals surface area (Å²) in [4.78, 5) is 26.6. The molecule has 1 aliphatic rings. The van der Waals surface area contributed by atoms with E-state index < -0.39 is 22.4 Å².